The first-order valence-corrected chi connectivity index (χ1v) is 6.77. The van der Waals surface area contributed by atoms with Crippen molar-refractivity contribution in [1.29, 1.82) is 0 Å². The standard InChI is InChI=1S/C15H15F2N3O3/c1-3-6-18-12(21)8-20-13(22)15(2,19-14(20)23)10-7-9(16)4-5-11(10)17/h3-5,7H,1,6,8H2,2H3,(H,18,21)(H,19,23). The predicted octanol–water partition coefficient (Wildman–Crippen LogP) is 1.03. The molecular weight excluding hydrogens is 308 g/mol. The highest BCUT2D eigenvalue weighted by Crippen LogP contribution is 2.31. The van der Waals surface area contributed by atoms with Crippen LogP contribution in [0.1, 0.15) is 12.5 Å². The number of halogens is 2. The molecule has 6 nitrogen and oxygen atoms in total. The van der Waals surface area contributed by atoms with E-state index in [-0.39, 0.29) is 12.1 Å². The Morgan fingerprint density at radius 3 is 2.78 bits per heavy atom. The van der Waals surface area contributed by atoms with E-state index in [2.05, 4.69) is 17.2 Å². The van der Waals surface area contributed by atoms with E-state index in [0.717, 1.165) is 18.2 Å². The van der Waals surface area contributed by atoms with Crippen molar-refractivity contribution in [3.05, 3.63) is 48.1 Å². The lowest BCUT2D eigenvalue weighted by molar-refractivity contribution is -0.134. The summed E-state index contributed by atoms with van der Waals surface area (Å²) >= 11 is 0. The van der Waals surface area contributed by atoms with Gasteiger partial charge in [-0.05, 0) is 25.1 Å². The monoisotopic (exact) mass is 323 g/mol. The molecule has 1 fully saturated rings. The maximum absolute atomic E-state index is 13.9. The molecule has 1 saturated heterocycles. The molecule has 1 aliphatic heterocycles. The lowest BCUT2D eigenvalue weighted by atomic mass is 9.91. The highest BCUT2D eigenvalue weighted by Gasteiger charge is 2.50. The van der Waals surface area contributed by atoms with Gasteiger partial charge in [0.2, 0.25) is 5.91 Å². The smallest absolute Gasteiger partial charge is 0.325 e. The van der Waals surface area contributed by atoms with Gasteiger partial charge in [0, 0.05) is 12.1 Å². The first kappa shape index (κ1) is 16.6. The number of nitrogens with zero attached hydrogens (tertiary/aromatic N) is 1. The van der Waals surface area contributed by atoms with E-state index in [1.54, 1.807) is 0 Å². The van der Waals surface area contributed by atoms with Crippen molar-refractivity contribution in [2.75, 3.05) is 13.1 Å². The first-order valence-electron chi connectivity index (χ1n) is 6.77. The van der Waals surface area contributed by atoms with Crippen LogP contribution in [0.4, 0.5) is 13.6 Å². The van der Waals surface area contributed by atoms with Crippen LogP contribution < -0.4 is 10.6 Å². The third kappa shape index (κ3) is 3.05. The molecule has 0 aliphatic carbocycles. The minimum Gasteiger partial charge on any atom is -0.351 e. The molecule has 1 atom stereocenters. The Morgan fingerprint density at radius 1 is 1.43 bits per heavy atom. The van der Waals surface area contributed by atoms with Crippen molar-refractivity contribution < 1.29 is 23.2 Å². The molecule has 0 saturated carbocycles. The van der Waals surface area contributed by atoms with Gasteiger partial charge >= 0.3 is 6.03 Å². The number of urea groups is 1. The molecule has 2 rings (SSSR count). The number of hydrogen-bond acceptors (Lipinski definition) is 3. The fourth-order valence-corrected chi connectivity index (χ4v) is 2.29. The Balaban J connectivity index is 2.27. The lowest BCUT2D eigenvalue weighted by Crippen LogP contribution is -2.43. The number of hydrogen-bond donors (Lipinski definition) is 2. The molecule has 1 aromatic carbocycles. The second-order valence-corrected chi connectivity index (χ2v) is 5.16. The molecular formula is C15H15F2N3O3. The molecule has 1 aliphatic rings. The van der Waals surface area contributed by atoms with Gasteiger partial charge in [-0.3, -0.25) is 14.5 Å². The molecule has 2 N–H and O–H groups in total. The molecule has 4 amide bonds. The average molecular weight is 323 g/mol. The Hall–Kier alpha value is -2.77. The minimum absolute atomic E-state index is 0.179. The third-order valence-corrected chi connectivity index (χ3v) is 3.49. The van der Waals surface area contributed by atoms with Crippen LogP contribution in [0.2, 0.25) is 0 Å². The van der Waals surface area contributed by atoms with Crippen molar-refractivity contribution >= 4 is 17.8 Å². The Morgan fingerprint density at radius 2 is 2.13 bits per heavy atom. The molecule has 1 heterocycles. The lowest BCUT2D eigenvalue weighted by Gasteiger charge is -2.22. The summed E-state index contributed by atoms with van der Waals surface area (Å²) in [6, 6.07) is 1.77. The summed E-state index contributed by atoms with van der Waals surface area (Å²) in [5, 5.41) is 4.73. The molecule has 1 unspecified atom stereocenters. The average Bonchev–Trinajstić information content (AvgIpc) is 2.72. The van der Waals surface area contributed by atoms with E-state index in [1.165, 1.54) is 13.0 Å². The van der Waals surface area contributed by atoms with Crippen LogP contribution in [0.25, 0.3) is 0 Å². The Kier molecular flexibility index (Phi) is 4.44. The van der Waals surface area contributed by atoms with Gasteiger partial charge < -0.3 is 10.6 Å². The number of nitrogens with one attached hydrogen (secondary N) is 2. The largest absolute Gasteiger partial charge is 0.351 e. The fourth-order valence-electron chi connectivity index (χ4n) is 2.29. The molecule has 8 heteroatoms. The van der Waals surface area contributed by atoms with Gasteiger partial charge in [-0.25, -0.2) is 13.6 Å². The number of rotatable bonds is 5. The normalized spacial score (nSPS) is 20.4. The summed E-state index contributed by atoms with van der Waals surface area (Å²) in [6.07, 6.45) is 1.44. The summed E-state index contributed by atoms with van der Waals surface area (Å²) in [5.74, 6) is -2.98. The van der Waals surface area contributed by atoms with Crippen LogP contribution >= 0.6 is 0 Å². The number of imide groups is 1. The fraction of sp³-hybridized carbons (Fsp3) is 0.267. The molecule has 0 radical (unpaired) electrons. The number of carbonyl (C=O) groups excluding carboxylic acids is 3. The molecule has 1 aromatic rings. The van der Waals surface area contributed by atoms with E-state index >= 15 is 0 Å². The van der Waals surface area contributed by atoms with Crippen molar-refractivity contribution in [2.24, 2.45) is 0 Å². The molecule has 0 spiro atoms. The molecule has 122 valence electrons. The van der Waals surface area contributed by atoms with Gasteiger partial charge in [-0.1, -0.05) is 6.08 Å². The van der Waals surface area contributed by atoms with Gasteiger partial charge in [0.05, 0.1) is 0 Å². The zero-order chi connectivity index (χ0) is 17.2. The second kappa shape index (κ2) is 6.15. The zero-order valence-electron chi connectivity index (χ0n) is 12.4. The Bertz CT molecular complexity index is 693. The van der Waals surface area contributed by atoms with Crippen LogP contribution in [0.3, 0.4) is 0 Å². The van der Waals surface area contributed by atoms with Gasteiger partial charge in [-0.15, -0.1) is 6.58 Å². The topological polar surface area (TPSA) is 78.5 Å². The highest BCUT2D eigenvalue weighted by atomic mass is 19.1. The van der Waals surface area contributed by atoms with Crippen LogP contribution in [-0.2, 0) is 15.1 Å². The minimum atomic E-state index is -1.78. The van der Waals surface area contributed by atoms with Crippen LogP contribution in [-0.4, -0.2) is 35.8 Å². The van der Waals surface area contributed by atoms with Crippen molar-refractivity contribution in [3.63, 3.8) is 0 Å². The van der Waals surface area contributed by atoms with Crippen molar-refractivity contribution in [2.45, 2.75) is 12.5 Å². The molecule has 0 aromatic heterocycles. The maximum atomic E-state index is 13.9. The van der Waals surface area contributed by atoms with Crippen molar-refractivity contribution in [3.8, 4) is 0 Å². The number of carbonyl (C=O) groups is 3. The predicted molar refractivity (Wildman–Crippen MR) is 77.2 cm³/mol. The third-order valence-electron chi connectivity index (χ3n) is 3.49. The van der Waals surface area contributed by atoms with E-state index in [4.69, 9.17) is 0 Å². The summed E-state index contributed by atoms with van der Waals surface area (Å²) in [7, 11) is 0. The summed E-state index contributed by atoms with van der Waals surface area (Å²) in [5.41, 5.74) is -2.08. The summed E-state index contributed by atoms with van der Waals surface area (Å²) < 4.78 is 27.3. The summed E-state index contributed by atoms with van der Waals surface area (Å²) in [6.45, 7) is 4.34. The quantitative estimate of drug-likeness (QED) is 0.628. The van der Waals surface area contributed by atoms with E-state index in [1.807, 2.05) is 0 Å². The molecule has 0 bridgehead atoms. The van der Waals surface area contributed by atoms with Gasteiger partial charge in [-0.2, -0.15) is 0 Å². The van der Waals surface area contributed by atoms with Crippen LogP contribution in [0.15, 0.2) is 30.9 Å². The first-order chi connectivity index (χ1) is 10.8. The van der Waals surface area contributed by atoms with Crippen molar-refractivity contribution in [1.82, 2.24) is 15.5 Å². The van der Waals surface area contributed by atoms with Crippen LogP contribution in [0.5, 0.6) is 0 Å². The van der Waals surface area contributed by atoms with Crippen LogP contribution in [0, 0.1) is 11.6 Å². The SMILES string of the molecule is C=CCNC(=O)CN1C(=O)NC(C)(c2cc(F)ccc2F)C1=O. The van der Waals surface area contributed by atoms with E-state index in [9.17, 15) is 23.2 Å². The van der Waals surface area contributed by atoms with E-state index < -0.39 is 41.6 Å². The second-order valence-electron chi connectivity index (χ2n) is 5.16. The maximum Gasteiger partial charge on any atom is 0.325 e. The van der Waals surface area contributed by atoms with Gasteiger partial charge in [0.25, 0.3) is 5.91 Å². The number of amides is 4. The Labute approximate surface area is 131 Å². The van der Waals surface area contributed by atoms with Gasteiger partial charge in [0.1, 0.15) is 23.7 Å². The van der Waals surface area contributed by atoms with Gasteiger partial charge in [0.15, 0.2) is 0 Å². The highest BCUT2D eigenvalue weighted by molar-refractivity contribution is 6.09. The molecule has 23 heavy (non-hydrogen) atoms. The summed E-state index contributed by atoms with van der Waals surface area (Å²) in [4.78, 5) is 36.7. The zero-order valence-corrected chi connectivity index (χ0v) is 12.4. The number of benzene rings is 1. The van der Waals surface area contributed by atoms with E-state index in [0.29, 0.717) is 4.90 Å².